The van der Waals surface area contributed by atoms with Gasteiger partial charge in [-0.25, -0.2) is 0 Å². The Morgan fingerprint density at radius 1 is 0.174 bits per heavy atom. The van der Waals surface area contributed by atoms with E-state index >= 15 is 0 Å². The molecule has 0 aliphatic heterocycles. The highest BCUT2D eigenvalue weighted by molar-refractivity contribution is 9.11. The molecule has 0 bridgehead atoms. The number of aryl methyl sites for hydroxylation is 23. The molecule has 0 aliphatic rings. The molecule has 0 fully saturated rings. The molecule has 0 aromatic heterocycles. The van der Waals surface area contributed by atoms with Crippen LogP contribution in [-0.2, 0) is 11.8 Å². The monoisotopic (exact) mass is 2000 g/mol. The first-order chi connectivity index (χ1) is 61.5. The van der Waals surface area contributed by atoms with Crippen molar-refractivity contribution in [2.45, 2.75) is 262 Å². The summed E-state index contributed by atoms with van der Waals surface area (Å²) in [7, 11) is 0. The molecule has 0 aliphatic carbocycles. The summed E-state index contributed by atoms with van der Waals surface area (Å²) in [5, 5.41) is 0. The van der Waals surface area contributed by atoms with Gasteiger partial charge in [-0.15, -0.1) is 0 Å². The normalized spacial score (nSPS) is 10.5. The molecular formula is C128H152Br4. The molecule has 0 amide bonds. The van der Waals surface area contributed by atoms with Crippen molar-refractivity contribution in [3.63, 3.8) is 0 Å². The Morgan fingerprint density at radius 3 is 0.614 bits per heavy atom. The van der Waals surface area contributed by atoms with E-state index in [9.17, 15) is 0 Å². The van der Waals surface area contributed by atoms with Crippen LogP contribution in [0.1, 0.15) is 227 Å². The molecule has 0 nitrogen and oxygen atoms in total. The molecule has 0 unspecified atom stereocenters. The molecular weight excluding hydrogens is 1860 g/mol. The van der Waals surface area contributed by atoms with Crippen molar-refractivity contribution in [3.05, 3.63) is 472 Å². The Morgan fingerprint density at radius 2 is 0.379 bits per heavy atom. The fraction of sp³-hybridized carbons (Fsp3) is 0.297. The van der Waals surface area contributed by atoms with Crippen LogP contribution in [-0.4, -0.2) is 0 Å². The van der Waals surface area contributed by atoms with Gasteiger partial charge in [-0.1, -0.05) is 320 Å². The first-order valence-electron chi connectivity index (χ1n) is 46.2. The van der Waals surface area contributed by atoms with Gasteiger partial charge in [-0.05, 0) is 488 Å². The Kier molecular flexibility index (Phi) is 42.9. The SMILES string of the molecule is C.Cc1c(C)c(Br)c(-c2c(Br)c(C)c(C)c(C)c2Br)c(Br)c1C.Cc1cc(-c2cc(C)c(C)c(C)c2)cc(C)c1C.Cc1cc(C(C)(C)c2cc(C)c(C)c(C)c2)cc(C)c1C.Cc1ccc(-c2ccc(C)c(C)c2)cc1C.Cc1ccc(-c2ccc(C)cc2)cc1.Cc1ccc(C)c(C)c1.Cc1ccc(C)cc1.Cc1ccc(Cc2ccc(C)cc2)cc1.Cc1cccc(C)c1. The topological polar surface area (TPSA) is 0 Å². The lowest BCUT2D eigenvalue weighted by molar-refractivity contribution is 0.637. The molecule has 15 aromatic rings. The molecule has 15 aromatic carbocycles. The summed E-state index contributed by atoms with van der Waals surface area (Å²) in [6.07, 6.45) is 1.03. The van der Waals surface area contributed by atoms with Crippen LogP contribution in [0, 0.1) is 228 Å². The van der Waals surface area contributed by atoms with E-state index in [2.05, 4.69) is 555 Å². The first-order valence-corrected chi connectivity index (χ1v) is 49.4. The fourth-order valence-electron chi connectivity index (χ4n) is 15.3. The van der Waals surface area contributed by atoms with Crippen molar-refractivity contribution in [1.29, 1.82) is 0 Å². The second-order valence-corrected chi connectivity index (χ2v) is 40.9. The smallest absolute Gasteiger partial charge is 0.0297 e. The minimum Gasteiger partial charge on any atom is -0.0776 e. The predicted octanol–water partition coefficient (Wildman–Crippen LogP) is 39.6. The maximum absolute atomic E-state index is 3.82. The standard InChI is InChI=1S/C21H28.C18H18Br4.C18H22.C16H18.C15H16.C14H14.C9H12.2C8H10.CH4/c1-13-9-19(10-14(2)17(13)5)21(7,8)20-11-15(3)18(6)16(4)12-20;1-7-9(3)15(19)13(16(20)10(7)4)14-17(21)11(5)8(2)12(6)18(14)22;1-11-7-17(8-12(2)15(11)5)18-9-13(3)16(6)14(4)10-18;1-11-5-7-15(9-13(11)3)16-8-6-12(2)14(4)10-16;1-12-3-7-14(8-4-12)11-15-9-5-13(2)6-10-15;1-11-3-7-13(8-4-11)14-9-5-12(2)6-10-14;1-7-4-5-8(2)9(3)6-7;1-7-3-5-8(2)6-4-7;1-7-4-3-5-8(2)6-7;/h9-12H,1-8H3;1-6H3;7-10H,1-6H3;5-10H,1-4H3;3-10H,11H2,1-2H3;3-10H,1-2H3;4-6H,1-3H3;2*3-6H,1-2H3;1H4. The summed E-state index contributed by atoms with van der Waals surface area (Å²) >= 11 is 15.3. The van der Waals surface area contributed by atoms with Gasteiger partial charge in [0.1, 0.15) is 0 Å². The van der Waals surface area contributed by atoms with Crippen LogP contribution >= 0.6 is 63.7 Å². The van der Waals surface area contributed by atoms with Crippen LogP contribution in [0.4, 0.5) is 0 Å². The van der Waals surface area contributed by atoms with Gasteiger partial charge < -0.3 is 0 Å². The van der Waals surface area contributed by atoms with Gasteiger partial charge in [0.2, 0.25) is 0 Å². The third kappa shape index (κ3) is 31.4. The average molecular weight is 2010 g/mol. The molecule has 4 heteroatoms. The molecule has 0 heterocycles. The highest BCUT2D eigenvalue weighted by Gasteiger charge is 2.27. The van der Waals surface area contributed by atoms with Crippen molar-refractivity contribution >= 4 is 63.7 Å². The van der Waals surface area contributed by atoms with Crippen molar-refractivity contribution in [3.8, 4) is 44.5 Å². The molecule has 692 valence electrons. The second-order valence-electron chi connectivity index (χ2n) is 37.7. The molecule has 0 saturated carbocycles. The summed E-state index contributed by atoms with van der Waals surface area (Å²) in [6.45, 7) is 76.0. The zero-order valence-electron chi connectivity index (χ0n) is 85.9. The maximum atomic E-state index is 3.82. The van der Waals surface area contributed by atoms with Gasteiger partial charge in [-0.3, -0.25) is 0 Å². The number of hydrogen-bond donors (Lipinski definition) is 0. The molecule has 0 N–H and O–H groups in total. The largest absolute Gasteiger partial charge is 0.0776 e. The Balaban J connectivity index is 0.000000232. The first kappa shape index (κ1) is 111. The van der Waals surface area contributed by atoms with E-state index in [1.807, 2.05) is 0 Å². The number of benzene rings is 15. The molecule has 0 atom stereocenters. The third-order valence-corrected chi connectivity index (χ3v) is 30.6. The van der Waals surface area contributed by atoms with Gasteiger partial charge in [-0.2, -0.15) is 0 Å². The van der Waals surface area contributed by atoms with Gasteiger partial charge >= 0.3 is 0 Å². The van der Waals surface area contributed by atoms with Gasteiger partial charge in [0.25, 0.3) is 0 Å². The van der Waals surface area contributed by atoms with Crippen molar-refractivity contribution in [2.75, 3.05) is 0 Å². The van der Waals surface area contributed by atoms with Crippen LogP contribution in [0.3, 0.4) is 0 Å². The number of halogens is 4. The van der Waals surface area contributed by atoms with Crippen LogP contribution < -0.4 is 0 Å². The van der Waals surface area contributed by atoms with Crippen LogP contribution in [0.15, 0.2) is 267 Å². The summed E-state index contributed by atoms with van der Waals surface area (Å²) in [5.41, 5.74) is 60.4. The highest BCUT2D eigenvalue weighted by Crippen LogP contribution is 2.49. The second kappa shape index (κ2) is 51.1. The number of hydrogen-bond acceptors (Lipinski definition) is 0. The van der Waals surface area contributed by atoms with Gasteiger partial charge in [0.15, 0.2) is 0 Å². The average Bonchev–Trinajstić information content (AvgIpc) is 0.741. The summed E-state index contributed by atoms with van der Waals surface area (Å²) < 4.78 is 4.58. The third-order valence-electron chi connectivity index (χ3n) is 26.7. The lowest BCUT2D eigenvalue weighted by Crippen LogP contribution is -2.20. The minimum absolute atomic E-state index is 0. The summed E-state index contributed by atoms with van der Waals surface area (Å²) in [4.78, 5) is 0. The Bertz CT molecular complexity index is 5870. The van der Waals surface area contributed by atoms with E-state index in [0.29, 0.717) is 0 Å². The van der Waals surface area contributed by atoms with Crippen LogP contribution in [0.5, 0.6) is 0 Å². The zero-order valence-corrected chi connectivity index (χ0v) is 92.2. The lowest BCUT2D eigenvalue weighted by atomic mass is 9.75. The van der Waals surface area contributed by atoms with Crippen molar-refractivity contribution in [2.24, 2.45) is 0 Å². The highest BCUT2D eigenvalue weighted by atomic mass is 79.9. The number of rotatable bonds is 8. The van der Waals surface area contributed by atoms with Crippen LogP contribution in [0.2, 0.25) is 0 Å². The van der Waals surface area contributed by atoms with E-state index in [1.165, 1.54) is 250 Å². The maximum Gasteiger partial charge on any atom is 0.0297 e. The van der Waals surface area contributed by atoms with E-state index in [4.69, 9.17) is 0 Å². The molecule has 132 heavy (non-hydrogen) atoms. The van der Waals surface area contributed by atoms with E-state index in [0.717, 1.165) is 24.3 Å². The van der Waals surface area contributed by atoms with Crippen LogP contribution in [0.25, 0.3) is 44.5 Å². The zero-order chi connectivity index (χ0) is 97.5. The Hall–Kier alpha value is -9.78. The predicted molar refractivity (Wildman–Crippen MR) is 601 cm³/mol. The quantitative estimate of drug-likeness (QED) is 0.142. The minimum atomic E-state index is 0. The summed E-state index contributed by atoms with van der Waals surface area (Å²) in [6, 6.07) is 90.1. The molecule has 15 rings (SSSR count). The fourth-order valence-corrected chi connectivity index (χ4v) is 18.6. The molecule has 0 saturated heterocycles. The molecule has 0 radical (unpaired) electrons. The molecule has 0 spiro atoms. The van der Waals surface area contributed by atoms with E-state index in [-0.39, 0.29) is 12.8 Å². The van der Waals surface area contributed by atoms with Crippen molar-refractivity contribution < 1.29 is 0 Å². The Labute approximate surface area is 835 Å². The van der Waals surface area contributed by atoms with Gasteiger partial charge in [0.05, 0.1) is 0 Å². The van der Waals surface area contributed by atoms with E-state index < -0.39 is 0 Å². The van der Waals surface area contributed by atoms with Crippen molar-refractivity contribution in [1.82, 2.24) is 0 Å². The van der Waals surface area contributed by atoms with E-state index in [1.54, 1.807) is 0 Å². The van der Waals surface area contributed by atoms with Gasteiger partial charge in [0, 0.05) is 34.4 Å². The lowest BCUT2D eigenvalue weighted by Gasteiger charge is -2.29. The summed E-state index contributed by atoms with van der Waals surface area (Å²) in [5.74, 6) is 0.